The molecule has 0 radical (unpaired) electrons. The zero-order chi connectivity index (χ0) is 20.3. The Morgan fingerprint density at radius 2 is 1.54 bits per heavy atom. The quantitative estimate of drug-likeness (QED) is 0.665. The van der Waals surface area contributed by atoms with Gasteiger partial charge < -0.3 is 9.47 Å². The molecule has 0 bridgehead atoms. The minimum atomic E-state index is -0.218. The third kappa shape index (κ3) is 3.00. The molecule has 0 saturated heterocycles. The topological polar surface area (TPSA) is 69.7 Å². The van der Waals surface area contributed by atoms with E-state index in [1.165, 1.54) is 13.8 Å². The largest absolute Gasteiger partial charge is 0.463 e. The Balaban J connectivity index is 1.57. The number of fused-ring (bicyclic) bond motifs is 5. The van der Waals surface area contributed by atoms with Crippen LogP contribution in [-0.2, 0) is 23.9 Å². The fourth-order valence-corrected chi connectivity index (χ4v) is 7.58. The van der Waals surface area contributed by atoms with Gasteiger partial charge in [0.2, 0.25) is 0 Å². The van der Waals surface area contributed by atoms with E-state index in [1.54, 1.807) is 0 Å². The molecule has 0 unspecified atom stereocenters. The van der Waals surface area contributed by atoms with E-state index in [0.29, 0.717) is 30.0 Å². The van der Waals surface area contributed by atoms with Gasteiger partial charge >= 0.3 is 11.9 Å². The van der Waals surface area contributed by atoms with Crippen LogP contribution in [0.15, 0.2) is 0 Å². The van der Waals surface area contributed by atoms with E-state index >= 15 is 0 Å². The second-order valence-electron chi connectivity index (χ2n) is 10.3. The van der Waals surface area contributed by atoms with E-state index < -0.39 is 0 Å². The summed E-state index contributed by atoms with van der Waals surface area (Å²) in [4.78, 5) is 36.3. The number of hydrogen-bond donors (Lipinski definition) is 0. The molecule has 5 nitrogen and oxygen atoms in total. The first-order valence-electron chi connectivity index (χ1n) is 11.0. The Kier molecular flexibility index (Phi) is 4.86. The average molecular weight is 391 g/mol. The number of ketones is 1. The van der Waals surface area contributed by atoms with E-state index in [1.807, 2.05) is 0 Å². The van der Waals surface area contributed by atoms with E-state index in [9.17, 15) is 14.4 Å². The second-order valence-corrected chi connectivity index (χ2v) is 10.3. The van der Waals surface area contributed by atoms with E-state index in [2.05, 4.69) is 13.8 Å². The minimum Gasteiger partial charge on any atom is -0.463 e. The zero-order valence-corrected chi connectivity index (χ0v) is 17.7. The summed E-state index contributed by atoms with van der Waals surface area (Å²) >= 11 is 0. The van der Waals surface area contributed by atoms with Crippen LogP contribution in [0.1, 0.15) is 79.1 Å². The summed E-state index contributed by atoms with van der Waals surface area (Å²) in [5, 5.41) is 0. The van der Waals surface area contributed by atoms with Gasteiger partial charge in [-0.05, 0) is 68.1 Å². The molecular weight excluding hydrogens is 356 g/mol. The lowest BCUT2D eigenvalue weighted by atomic mass is 9.45. The highest BCUT2D eigenvalue weighted by Gasteiger charge is 2.63. The molecule has 0 spiro atoms. The number of carbonyl (C=O) groups is 3. The molecule has 5 heteroatoms. The molecule has 0 aromatic rings. The monoisotopic (exact) mass is 390 g/mol. The molecule has 4 rings (SSSR count). The van der Waals surface area contributed by atoms with Crippen molar-refractivity contribution in [1.82, 2.24) is 0 Å². The standard InChI is InChI=1S/C23H34O5/c1-13(24)27-16-7-9-22(3)15(11-16)12-19(26)21-17-5-6-20(28-14(2)25)23(17,4)10-8-18(21)22/h15-18,20-21H,5-12H2,1-4H3/t15-,16+,17-,18-,20-,21-,22+,23+/m1/s1. The van der Waals surface area contributed by atoms with Crippen LogP contribution in [0.2, 0.25) is 0 Å². The van der Waals surface area contributed by atoms with Crippen LogP contribution in [0.3, 0.4) is 0 Å². The van der Waals surface area contributed by atoms with Crippen molar-refractivity contribution in [3.8, 4) is 0 Å². The van der Waals surface area contributed by atoms with Gasteiger partial charge in [0, 0.05) is 31.6 Å². The Morgan fingerprint density at radius 3 is 2.21 bits per heavy atom. The summed E-state index contributed by atoms with van der Waals surface area (Å²) in [6.45, 7) is 7.58. The molecule has 0 heterocycles. The molecule has 0 aromatic heterocycles. The van der Waals surface area contributed by atoms with E-state index in [4.69, 9.17) is 9.47 Å². The van der Waals surface area contributed by atoms with Gasteiger partial charge in [-0.3, -0.25) is 14.4 Å². The minimum absolute atomic E-state index is 0.0337. The van der Waals surface area contributed by atoms with E-state index in [0.717, 1.165) is 44.9 Å². The average Bonchev–Trinajstić information content (AvgIpc) is 2.92. The lowest BCUT2D eigenvalue weighted by Gasteiger charge is -2.59. The summed E-state index contributed by atoms with van der Waals surface area (Å²) in [6.07, 6.45) is 7.21. The maximum Gasteiger partial charge on any atom is 0.302 e. The Hall–Kier alpha value is -1.39. The van der Waals surface area contributed by atoms with Gasteiger partial charge in [-0.1, -0.05) is 13.8 Å². The van der Waals surface area contributed by atoms with Gasteiger partial charge in [0.05, 0.1) is 0 Å². The summed E-state index contributed by atoms with van der Waals surface area (Å²) < 4.78 is 11.2. The molecule has 0 amide bonds. The number of esters is 2. The molecule has 8 atom stereocenters. The molecule has 4 fully saturated rings. The summed E-state index contributed by atoms with van der Waals surface area (Å²) in [5.41, 5.74) is 0.0801. The van der Waals surface area contributed by atoms with E-state index in [-0.39, 0.29) is 40.9 Å². The molecular formula is C23H34O5. The van der Waals surface area contributed by atoms with Crippen LogP contribution in [0.25, 0.3) is 0 Å². The van der Waals surface area contributed by atoms with Crippen molar-refractivity contribution in [2.45, 2.75) is 91.3 Å². The highest BCUT2D eigenvalue weighted by atomic mass is 16.5. The van der Waals surface area contributed by atoms with Crippen LogP contribution in [-0.4, -0.2) is 29.9 Å². The van der Waals surface area contributed by atoms with Crippen molar-refractivity contribution in [3.05, 3.63) is 0 Å². The number of Topliss-reactive ketones (excluding diaryl/α,β-unsaturated/α-hetero) is 1. The highest BCUT2D eigenvalue weighted by molar-refractivity contribution is 5.83. The summed E-state index contributed by atoms with van der Waals surface area (Å²) in [6, 6.07) is 0. The van der Waals surface area contributed by atoms with Gasteiger partial charge in [0.25, 0.3) is 0 Å². The molecule has 4 saturated carbocycles. The van der Waals surface area contributed by atoms with Crippen molar-refractivity contribution < 1.29 is 23.9 Å². The van der Waals surface area contributed by atoms with Crippen molar-refractivity contribution in [1.29, 1.82) is 0 Å². The first kappa shape index (κ1) is 19.9. The Morgan fingerprint density at radius 1 is 0.893 bits per heavy atom. The third-order valence-electron chi connectivity index (χ3n) is 8.98. The fourth-order valence-electron chi connectivity index (χ4n) is 7.58. The number of rotatable bonds is 2. The summed E-state index contributed by atoms with van der Waals surface area (Å²) in [7, 11) is 0. The van der Waals surface area contributed by atoms with Crippen LogP contribution >= 0.6 is 0 Å². The SMILES string of the molecule is CC(=O)O[C@H]1CC[C@@]2(C)[C@@H](CC(=O)[C@H]3[C@H]2CC[C@@]2(C)[C@@H]3CC[C@H]2OC(C)=O)C1. The fraction of sp³-hybridized carbons (Fsp3) is 0.870. The second kappa shape index (κ2) is 6.84. The van der Waals surface area contributed by atoms with Gasteiger partial charge in [-0.25, -0.2) is 0 Å². The summed E-state index contributed by atoms with van der Waals surface area (Å²) in [5.74, 6) is 1.12. The van der Waals surface area contributed by atoms with Gasteiger partial charge in [-0.2, -0.15) is 0 Å². The van der Waals surface area contributed by atoms with Crippen LogP contribution < -0.4 is 0 Å². The Labute approximate surface area is 167 Å². The maximum atomic E-state index is 13.4. The lowest BCUT2D eigenvalue weighted by molar-refractivity contribution is -0.173. The molecule has 156 valence electrons. The smallest absolute Gasteiger partial charge is 0.302 e. The molecule has 0 N–H and O–H groups in total. The van der Waals surface area contributed by atoms with Gasteiger partial charge in [0.1, 0.15) is 18.0 Å². The highest BCUT2D eigenvalue weighted by Crippen LogP contribution is 2.65. The van der Waals surface area contributed by atoms with Gasteiger partial charge in [0.15, 0.2) is 0 Å². The Bertz CT molecular complexity index is 686. The molecule has 4 aliphatic rings. The lowest BCUT2D eigenvalue weighted by Crippen LogP contribution is -2.58. The first-order chi connectivity index (χ1) is 13.1. The zero-order valence-electron chi connectivity index (χ0n) is 17.7. The molecule has 0 aliphatic heterocycles. The van der Waals surface area contributed by atoms with Crippen molar-refractivity contribution in [2.75, 3.05) is 0 Å². The number of hydrogen-bond acceptors (Lipinski definition) is 5. The number of carbonyl (C=O) groups excluding carboxylic acids is 3. The maximum absolute atomic E-state index is 13.4. The molecule has 28 heavy (non-hydrogen) atoms. The number of ether oxygens (including phenoxy) is 2. The van der Waals surface area contributed by atoms with Crippen LogP contribution in [0.5, 0.6) is 0 Å². The van der Waals surface area contributed by atoms with Gasteiger partial charge in [-0.15, -0.1) is 0 Å². The third-order valence-corrected chi connectivity index (χ3v) is 8.98. The normalized spacial score (nSPS) is 47.5. The van der Waals surface area contributed by atoms with Crippen LogP contribution in [0, 0.1) is 34.5 Å². The predicted octanol–water partition coefficient (Wildman–Crippen LogP) is 4.07. The first-order valence-corrected chi connectivity index (χ1v) is 11.0. The van der Waals surface area contributed by atoms with Crippen molar-refractivity contribution >= 4 is 17.7 Å². The van der Waals surface area contributed by atoms with Crippen molar-refractivity contribution in [3.63, 3.8) is 0 Å². The molecule has 4 aliphatic carbocycles. The van der Waals surface area contributed by atoms with Crippen LogP contribution in [0.4, 0.5) is 0 Å². The molecule has 0 aromatic carbocycles. The van der Waals surface area contributed by atoms with Crippen molar-refractivity contribution in [2.24, 2.45) is 34.5 Å². The predicted molar refractivity (Wildman–Crippen MR) is 103 cm³/mol.